The van der Waals surface area contributed by atoms with Crippen molar-refractivity contribution in [1.29, 1.82) is 0 Å². The van der Waals surface area contributed by atoms with E-state index in [1.54, 1.807) is 24.3 Å². The summed E-state index contributed by atoms with van der Waals surface area (Å²) in [6.07, 6.45) is 0. The van der Waals surface area contributed by atoms with E-state index in [2.05, 4.69) is 15.4 Å². The fraction of sp³-hybridized carbons (Fsp3) is 0.304. The van der Waals surface area contributed by atoms with Crippen LogP contribution in [0.15, 0.2) is 65.6 Å². The summed E-state index contributed by atoms with van der Waals surface area (Å²) in [4.78, 5) is 2.25. The molecule has 3 aromatic rings. The van der Waals surface area contributed by atoms with Crippen LogP contribution >= 0.6 is 0 Å². The Morgan fingerprint density at radius 3 is 2.15 bits per heavy atom. The van der Waals surface area contributed by atoms with Gasteiger partial charge in [0.25, 0.3) is 0 Å². The van der Waals surface area contributed by atoms with Crippen molar-refractivity contribution in [3.05, 3.63) is 66.2 Å². The molecular weight excluding hydrogens is 439 g/mol. The molecule has 0 heterocycles. The number of nitrogens with zero attached hydrogens (tertiary/aromatic N) is 1. The van der Waals surface area contributed by atoms with Gasteiger partial charge in [-0.25, -0.2) is 13.1 Å². The average molecular weight is 470 g/mol. The summed E-state index contributed by atoms with van der Waals surface area (Å²) >= 11 is 0. The van der Waals surface area contributed by atoms with E-state index >= 15 is 0 Å². The van der Waals surface area contributed by atoms with Gasteiger partial charge in [-0.2, -0.15) is 0 Å². The minimum Gasteiger partial charge on any atom is -0.423 e. The Labute approximate surface area is 195 Å². The minimum atomic E-state index is -3.63. The number of hydrogen-bond donors (Lipinski definition) is 5. The summed E-state index contributed by atoms with van der Waals surface area (Å²) in [5.41, 5.74) is 2.48. The highest BCUT2D eigenvalue weighted by atomic mass is 32.2. The molecule has 33 heavy (non-hydrogen) atoms. The first-order valence-electron chi connectivity index (χ1n) is 10.8. The Kier molecular flexibility index (Phi) is 8.84. The van der Waals surface area contributed by atoms with Gasteiger partial charge in [-0.1, -0.05) is 48.5 Å². The van der Waals surface area contributed by atoms with E-state index in [0.717, 1.165) is 16.6 Å². The van der Waals surface area contributed by atoms with Gasteiger partial charge < -0.3 is 25.6 Å². The fourth-order valence-corrected chi connectivity index (χ4v) is 4.83. The number of fused-ring (bicyclic) bond motifs is 1. The Balaban J connectivity index is 1.43. The topological polar surface area (TPSA) is 114 Å². The molecule has 3 rings (SSSR count). The standard InChI is InChI=1S/C23H31BN4O4S/c1-28(2)22-7-3-6-21-20(22)5-4-8-23(21)33(31,32)27-16-15-25-13-14-26-17-18-9-11-19(12-10-18)24(29)30/h3-12,25-27,29-30H,13-17H2,1-2H3. The van der Waals surface area contributed by atoms with Crippen molar-refractivity contribution in [2.75, 3.05) is 45.2 Å². The van der Waals surface area contributed by atoms with Crippen molar-refractivity contribution in [3.8, 4) is 0 Å². The van der Waals surface area contributed by atoms with Crippen molar-refractivity contribution in [3.63, 3.8) is 0 Å². The molecule has 3 aromatic carbocycles. The second-order valence-electron chi connectivity index (χ2n) is 7.96. The van der Waals surface area contributed by atoms with Crippen LogP contribution in [0.4, 0.5) is 5.69 Å². The third-order valence-corrected chi connectivity index (χ3v) is 6.83. The van der Waals surface area contributed by atoms with Crippen molar-refractivity contribution in [2.45, 2.75) is 11.4 Å². The Morgan fingerprint density at radius 2 is 1.45 bits per heavy atom. The van der Waals surface area contributed by atoms with Gasteiger partial charge in [-0.05, 0) is 23.2 Å². The highest BCUT2D eigenvalue weighted by molar-refractivity contribution is 7.89. The van der Waals surface area contributed by atoms with Crippen LogP contribution < -0.4 is 25.7 Å². The molecule has 0 unspecified atom stereocenters. The Hall–Kier alpha value is -2.47. The molecule has 0 radical (unpaired) electrons. The molecule has 0 saturated carbocycles. The lowest BCUT2D eigenvalue weighted by molar-refractivity contribution is 0.425. The van der Waals surface area contributed by atoms with Crippen LogP contribution in [0.25, 0.3) is 10.8 Å². The normalized spacial score (nSPS) is 11.6. The lowest BCUT2D eigenvalue weighted by Gasteiger charge is -2.17. The molecule has 0 amide bonds. The third kappa shape index (κ3) is 6.76. The predicted octanol–water partition coefficient (Wildman–Crippen LogP) is 0.243. The Morgan fingerprint density at radius 1 is 0.818 bits per heavy atom. The van der Waals surface area contributed by atoms with Gasteiger partial charge in [-0.3, -0.25) is 0 Å². The number of hydrogen-bond acceptors (Lipinski definition) is 7. The van der Waals surface area contributed by atoms with Crippen LogP contribution in [-0.4, -0.2) is 65.9 Å². The molecule has 0 aliphatic rings. The van der Waals surface area contributed by atoms with E-state index in [1.807, 2.05) is 55.4 Å². The van der Waals surface area contributed by atoms with Gasteiger partial charge in [-0.15, -0.1) is 0 Å². The highest BCUT2D eigenvalue weighted by Gasteiger charge is 2.18. The van der Waals surface area contributed by atoms with Crippen LogP contribution in [-0.2, 0) is 16.6 Å². The molecule has 0 bridgehead atoms. The van der Waals surface area contributed by atoms with Crippen molar-refractivity contribution in [1.82, 2.24) is 15.4 Å². The third-order valence-electron chi connectivity index (χ3n) is 5.31. The number of benzene rings is 3. The van der Waals surface area contributed by atoms with Gasteiger partial charge in [0.15, 0.2) is 0 Å². The maximum Gasteiger partial charge on any atom is 0.488 e. The zero-order chi connectivity index (χ0) is 23.8. The van der Waals surface area contributed by atoms with Crippen LogP contribution in [0.3, 0.4) is 0 Å². The number of sulfonamides is 1. The summed E-state index contributed by atoms with van der Waals surface area (Å²) in [5.74, 6) is 0. The van der Waals surface area contributed by atoms with Gasteiger partial charge in [0, 0.05) is 63.3 Å². The molecule has 0 fully saturated rings. The van der Waals surface area contributed by atoms with Gasteiger partial charge >= 0.3 is 7.12 Å². The Bertz CT molecular complexity index is 1150. The SMILES string of the molecule is CN(C)c1cccc2c(S(=O)(=O)NCCNCCNCc3ccc(B(O)O)cc3)cccc12. The van der Waals surface area contributed by atoms with E-state index in [4.69, 9.17) is 10.0 Å². The molecule has 176 valence electrons. The molecular formula is C23H31BN4O4S. The predicted molar refractivity (Wildman–Crippen MR) is 134 cm³/mol. The van der Waals surface area contributed by atoms with E-state index < -0.39 is 17.1 Å². The van der Waals surface area contributed by atoms with Crippen LogP contribution in [0.5, 0.6) is 0 Å². The number of rotatable bonds is 12. The molecule has 0 aromatic heterocycles. The summed E-state index contributed by atoms with van der Waals surface area (Å²) in [6, 6.07) is 18.1. The smallest absolute Gasteiger partial charge is 0.423 e. The second-order valence-corrected chi connectivity index (χ2v) is 9.70. The van der Waals surface area contributed by atoms with Crippen LogP contribution in [0.1, 0.15) is 5.56 Å². The van der Waals surface area contributed by atoms with Gasteiger partial charge in [0.05, 0.1) is 4.90 Å². The molecule has 0 saturated heterocycles. The second kappa shape index (κ2) is 11.6. The number of anilines is 1. The zero-order valence-electron chi connectivity index (χ0n) is 19.0. The highest BCUT2D eigenvalue weighted by Crippen LogP contribution is 2.29. The van der Waals surface area contributed by atoms with Crippen molar-refractivity contribution >= 4 is 39.1 Å². The lowest BCUT2D eigenvalue weighted by atomic mass is 9.80. The van der Waals surface area contributed by atoms with E-state index in [1.165, 1.54) is 0 Å². The fourth-order valence-electron chi connectivity index (χ4n) is 3.58. The molecule has 5 N–H and O–H groups in total. The molecule has 0 atom stereocenters. The molecule has 8 nitrogen and oxygen atoms in total. The maximum atomic E-state index is 12.9. The van der Waals surface area contributed by atoms with E-state index in [0.29, 0.717) is 37.0 Å². The quantitative estimate of drug-likeness (QED) is 0.190. The summed E-state index contributed by atoms with van der Waals surface area (Å²) < 4.78 is 28.5. The van der Waals surface area contributed by atoms with Crippen LogP contribution in [0.2, 0.25) is 0 Å². The van der Waals surface area contributed by atoms with Crippen LogP contribution in [0, 0.1) is 0 Å². The first kappa shape index (κ1) is 25.2. The first-order chi connectivity index (χ1) is 15.8. The summed E-state index contributed by atoms with van der Waals surface area (Å²) in [5, 5.41) is 26.3. The summed E-state index contributed by atoms with van der Waals surface area (Å²) in [7, 11) is -1.21. The maximum absolute atomic E-state index is 12.9. The molecule has 0 aliphatic heterocycles. The van der Waals surface area contributed by atoms with E-state index in [9.17, 15) is 8.42 Å². The molecule has 10 heteroatoms. The van der Waals surface area contributed by atoms with Crippen molar-refractivity contribution < 1.29 is 18.5 Å². The molecule has 0 aliphatic carbocycles. The van der Waals surface area contributed by atoms with Gasteiger partial charge in [0.1, 0.15) is 0 Å². The number of nitrogens with one attached hydrogen (secondary N) is 3. The summed E-state index contributed by atoms with van der Waals surface area (Å²) in [6.45, 7) is 2.87. The first-order valence-corrected chi connectivity index (χ1v) is 12.3. The lowest BCUT2D eigenvalue weighted by Crippen LogP contribution is -2.35. The van der Waals surface area contributed by atoms with Gasteiger partial charge in [0.2, 0.25) is 10.0 Å². The molecule has 0 spiro atoms. The van der Waals surface area contributed by atoms with E-state index in [-0.39, 0.29) is 11.4 Å². The minimum absolute atomic E-state index is 0.283. The average Bonchev–Trinajstić information content (AvgIpc) is 2.80. The largest absolute Gasteiger partial charge is 0.488 e. The van der Waals surface area contributed by atoms with Crippen molar-refractivity contribution in [2.24, 2.45) is 0 Å². The zero-order valence-corrected chi connectivity index (χ0v) is 19.8. The monoisotopic (exact) mass is 470 g/mol.